The van der Waals surface area contributed by atoms with E-state index < -0.39 is 0 Å². The maximum Gasteiger partial charge on any atom is 0.208 e. The summed E-state index contributed by atoms with van der Waals surface area (Å²) in [5.41, 5.74) is 3.16. The van der Waals surface area contributed by atoms with Gasteiger partial charge in [0, 0.05) is 19.1 Å². The first-order chi connectivity index (χ1) is 8.34. The first-order valence-electron chi connectivity index (χ1n) is 7.14. The van der Waals surface area contributed by atoms with Crippen molar-refractivity contribution in [3.63, 3.8) is 0 Å². The second kappa shape index (κ2) is 6.41. The largest absolute Gasteiger partial charge is 0.342 e. The van der Waals surface area contributed by atoms with Crippen molar-refractivity contribution in [2.24, 2.45) is 22.2 Å². The van der Waals surface area contributed by atoms with E-state index in [-0.39, 0.29) is 6.04 Å². The molecule has 1 rings (SSSR count). The van der Waals surface area contributed by atoms with Crippen molar-refractivity contribution in [1.82, 2.24) is 10.3 Å². The average molecular weight is 254 g/mol. The van der Waals surface area contributed by atoms with Crippen LogP contribution in [0.15, 0.2) is 4.99 Å². The molecule has 0 amide bonds. The van der Waals surface area contributed by atoms with Gasteiger partial charge in [0.2, 0.25) is 5.96 Å². The van der Waals surface area contributed by atoms with Gasteiger partial charge in [-0.1, -0.05) is 20.8 Å². The summed E-state index contributed by atoms with van der Waals surface area (Å²) in [6.07, 6.45) is 3.75. The van der Waals surface area contributed by atoms with Crippen LogP contribution in [0.4, 0.5) is 0 Å². The number of nitrogens with one attached hydrogen (secondary N) is 1. The second-order valence-electron chi connectivity index (χ2n) is 6.67. The number of nitrogens with two attached hydrogens (primary N) is 1. The van der Waals surface area contributed by atoms with Gasteiger partial charge in [-0.05, 0) is 44.4 Å². The molecule has 1 saturated heterocycles. The Bertz CT molecular complexity index is 278. The van der Waals surface area contributed by atoms with Crippen LogP contribution in [0.25, 0.3) is 0 Å². The zero-order valence-corrected chi connectivity index (χ0v) is 12.7. The maximum absolute atomic E-state index is 5.60. The molecule has 4 heteroatoms. The molecule has 18 heavy (non-hydrogen) atoms. The average Bonchev–Trinajstić information content (AvgIpc) is 2.50. The summed E-state index contributed by atoms with van der Waals surface area (Å²) in [6.45, 7) is 13.3. The van der Waals surface area contributed by atoms with Crippen molar-refractivity contribution < 1.29 is 0 Å². The van der Waals surface area contributed by atoms with E-state index in [1.807, 2.05) is 0 Å². The molecular weight excluding hydrogens is 224 g/mol. The standard InChI is InChI=1S/C14H30N4/c1-11(2)16-13(17-15)18-9-6-7-12(8-10-18)14(3,4)5/h11-12H,6-10,15H2,1-5H3,(H,16,17). The van der Waals surface area contributed by atoms with Gasteiger partial charge in [0.05, 0.1) is 0 Å². The Morgan fingerprint density at radius 3 is 2.44 bits per heavy atom. The molecule has 0 spiro atoms. The Kier molecular flexibility index (Phi) is 5.45. The van der Waals surface area contributed by atoms with Gasteiger partial charge in [-0.15, -0.1) is 0 Å². The molecule has 1 heterocycles. The van der Waals surface area contributed by atoms with E-state index in [9.17, 15) is 0 Å². The Morgan fingerprint density at radius 2 is 1.94 bits per heavy atom. The van der Waals surface area contributed by atoms with Crippen molar-refractivity contribution in [3.05, 3.63) is 0 Å². The summed E-state index contributed by atoms with van der Waals surface area (Å²) < 4.78 is 0. The van der Waals surface area contributed by atoms with Gasteiger partial charge in [-0.2, -0.15) is 0 Å². The van der Waals surface area contributed by atoms with Gasteiger partial charge in [0.1, 0.15) is 0 Å². The van der Waals surface area contributed by atoms with Gasteiger partial charge in [0.25, 0.3) is 0 Å². The lowest BCUT2D eigenvalue weighted by atomic mass is 9.77. The lowest BCUT2D eigenvalue weighted by molar-refractivity contribution is 0.216. The first-order valence-corrected chi connectivity index (χ1v) is 7.14. The van der Waals surface area contributed by atoms with Crippen molar-refractivity contribution in [1.29, 1.82) is 0 Å². The van der Waals surface area contributed by atoms with E-state index in [0.29, 0.717) is 5.41 Å². The summed E-state index contributed by atoms with van der Waals surface area (Å²) in [5, 5.41) is 0. The second-order valence-corrected chi connectivity index (χ2v) is 6.67. The van der Waals surface area contributed by atoms with Crippen LogP contribution in [0.1, 0.15) is 53.9 Å². The number of guanidine groups is 1. The number of nitrogens with zero attached hydrogens (tertiary/aromatic N) is 2. The molecule has 0 radical (unpaired) electrons. The highest BCUT2D eigenvalue weighted by molar-refractivity contribution is 5.79. The van der Waals surface area contributed by atoms with Gasteiger partial charge in [-0.3, -0.25) is 5.43 Å². The number of rotatable bonds is 1. The van der Waals surface area contributed by atoms with Crippen molar-refractivity contribution in [2.45, 2.75) is 59.9 Å². The molecule has 0 aromatic heterocycles. The molecule has 1 aliphatic rings. The monoisotopic (exact) mass is 254 g/mol. The Labute approximate surface area is 112 Å². The number of hydrogen-bond acceptors (Lipinski definition) is 2. The van der Waals surface area contributed by atoms with Crippen LogP contribution >= 0.6 is 0 Å². The molecular formula is C14H30N4. The van der Waals surface area contributed by atoms with E-state index in [4.69, 9.17) is 5.84 Å². The maximum atomic E-state index is 5.60. The van der Waals surface area contributed by atoms with Crippen LogP contribution < -0.4 is 11.3 Å². The molecule has 0 aliphatic carbocycles. The number of hydrogen-bond donors (Lipinski definition) is 2. The van der Waals surface area contributed by atoms with E-state index in [1.165, 1.54) is 19.3 Å². The number of likely N-dealkylation sites (tertiary alicyclic amines) is 1. The summed E-state index contributed by atoms with van der Waals surface area (Å²) in [7, 11) is 0. The molecule has 1 unspecified atom stereocenters. The topological polar surface area (TPSA) is 53.6 Å². The minimum absolute atomic E-state index is 0.276. The number of hydrazine groups is 1. The highest BCUT2D eigenvalue weighted by atomic mass is 15.4. The molecule has 1 aliphatic heterocycles. The minimum Gasteiger partial charge on any atom is -0.342 e. The predicted octanol–water partition coefficient (Wildman–Crippen LogP) is 2.36. The van der Waals surface area contributed by atoms with E-state index >= 15 is 0 Å². The fourth-order valence-corrected chi connectivity index (χ4v) is 2.63. The zero-order chi connectivity index (χ0) is 13.8. The fourth-order valence-electron chi connectivity index (χ4n) is 2.63. The quantitative estimate of drug-likeness (QED) is 0.327. The third-order valence-corrected chi connectivity index (χ3v) is 3.76. The van der Waals surface area contributed by atoms with Crippen molar-refractivity contribution in [3.8, 4) is 0 Å². The first kappa shape index (κ1) is 15.3. The van der Waals surface area contributed by atoms with Crippen LogP contribution in [0, 0.1) is 11.3 Å². The zero-order valence-electron chi connectivity index (χ0n) is 12.7. The van der Waals surface area contributed by atoms with Crippen LogP contribution in [0.3, 0.4) is 0 Å². The molecule has 0 bridgehead atoms. The lowest BCUT2D eigenvalue weighted by Gasteiger charge is -2.30. The minimum atomic E-state index is 0.276. The van der Waals surface area contributed by atoms with Gasteiger partial charge in [0.15, 0.2) is 0 Å². The predicted molar refractivity (Wildman–Crippen MR) is 78.3 cm³/mol. The molecule has 4 nitrogen and oxygen atoms in total. The van der Waals surface area contributed by atoms with Crippen LogP contribution in [0.5, 0.6) is 0 Å². The molecule has 106 valence electrons. The highest BCUT2D eigenvalue weighted by Crippen LogP contribution is 2.34. The summed E-state index contributed by atoms with van der Waals surface area (Å²) in [5.74, 6) is 7.24. The Hall–Kier alpha value is -0.770. The summed E-state index contributed by atoms with van der Waals surface area (Å²) in [6, 6.07) is 0.276. The van der Waals surface area contributed by atoms with Crippen molar-refractivity contribution in [2.75, 3.05) is 13.1 Å². The van der Waals surface area contributed by atoms with Crippen molar-refractivity contribution >= 4 is 5.96 Å². The smallest absolute Gasteiger partial charge is 0.208 e. The van der Waals surface area contributed by atoms with E-state index in [1.54, 1.807) is 0 Å². The Balaban J connectivity index is 2.66. The van der Waals surface area contributed by atoms with E-state index in [0.717, 1.165) is 25.0 Å². The summed E-state index contributed by atoms with van der Waals surface area (Å²) in [4.78, 5) is 6.85. The fraction of sp³-hybridized carbons (Fsp3) is 0.929. The van der Waals surface area contributed by atoms with Gasteiger partial charge in [-0.25, -0.2) is 10.8 Å². The van der Waals surface area contributed by atoms with E-state index in [2.05, 4.69) is 49.9 Å². The van der Waals surface area contributed by atoms with Crippen LogP contribution in [-0.4, -0.2) is 30.0 Å². The molecule has 0 aromatic rings. The SMILES string of the molecule is CC(C)N=C(NN)N1CCCC(C(C)(C)C)CC1. The molecule has 1 fully saturated rings. The van der Waals surface area contributed by atoms with Gasteiger partial charge < -0.3 is 4.90 Å². The highest BCUT2D eigenvalue weighted by Gasteiger charge is 2.27. The van der Waals surface area contributed by atoms with Crippen LogP contribution in [0.2, 0.25) is 0 Å². The molecule has 0 aromatic carbocycles. The third-order valence-electron chi connectivity index (χ3n) is 3.76. The van der Waals surface area contributed by atoms with Gasteiger partial charge >= 0.3 is 0 Å². The lowest BCUT2D eigenvalue weighted by Crippen LogP contribution is -2.45. The third kappa shape index (κ3) is 4.48. The Morgan fingerprint density at radius 1 is 1.28 bits per heavy atom. The number of aliphatic imine (C=N–C) groups is 1. The normalized spacial score (nSPS) is 23.2. The molecule has 3 N–H and O–H groups in total. The summed E-state index contributed by atoms with van der Waals surface area (Å²) >= 11 is 0. The molecule has 1 atom stereocenters. The van der Waals surface area contributed by atoms with Crippen LogP contribution in [-0.2, 0) is 0 Å². The molecule has 0 saturated carbocycles.